The van der Waals surface area contributed by atoms with Crippen molar-refractivity contribution in [2.75, 3.05) is 5.73 Å². The fourth-order valence-corrected chi connectivity index (χ4v) is 3.84. The van der Waals surface area contributed by atoms with Gasteiger partial charge in [0.25, 0.3) is 0 Å². The van der Waals surface area contributed by atoms with E-state index in [0.717, 1.165) is 17.5 Å². The summed E-state index contributed by atoms with van der Waals surface area (Å²) in [6, 6.07) is 23.4. The van der Waals surface area contributed by atoms with Crippen LogP contribution in [0, 0.1) is 12.3 Å². The highest BCUT2D eigenvalue weighted by molar-refractivity contribution is 6.00. The van der Waals surface area contributed by atoms with Crippen molar-refractivity contribution >= 4 is 23.0 Å². The third kappa shape index (κ3) is 4.32. The summed E-state index contributed by atoms with van der Waals surface area (Å²) in [5.74, 6) is 0.496. The first kappa shape index (κ1) is 20.6. The molecule has 0 unspecified atom stereocenters. The lowest BCUT2D eigenvalue weighted by molar-refractivity contribution is 0.864. The van der Waals surface area contributed by atoms with Crippen molar-refractivity contribution in [2.45, 2.75) is 40.0 Å². The molecular weight excluding hydrogens is 352 g/mol. The Balaban J connectivity index is 2.34. The predicted molar refractivity (Wildman–Crippen MR) is 127 cm³/mol. The number of rotatable bonds is 6. The van der Waals surface area contributed by atoms with Crippen molar-refractivity contribution in [3.63, 3.8) is 0 Å². The number of allylic oxidation sites excluding steroid dienone is 1. The van der Waals surface area contributed by atoms with Crippen LogP contribution >= 0.6 is 0 Å². The number of hydrogen-bond acceptors (Lipinski definition) is 2. The van der Waals surface area contributed by atoms with Crippen LogP contribution in [0.4, 0.5) is 5.69 Å². The molecule has 29 heavy (non-hydrogen) atoms. The molecule has 0 spiro atoms. The highest BCUT2D eigenvalue weighted by Crippen LogP contribution is 2.37. The molecule has 0 aliphatic heterocycles. The number of aryl methyl sites for hydroxylation is 1. The molecule has 0 fully saturated rings. The van der Waals surface area contributed by atoms with Crippen molar-refractivity contribution in [2.24, 2.45) is 0 Å². The monoisotopic (exact) mass is 382 g/mol. The quantitative estimate of drug-likeness (QED) is 0.267. The van der Waals surface area contributed by atoms with Gasteiger partial charge in [0.05, 0.1) is 0 Å². The number of nitrogens with one attached hydrogen (secondary N) is 1. The van der Waals surface area contributed by atoms with Crippen LogP contribution in [-0.4, -0.2) is 6.21 Å². The van der Waals surface area contributed by atoms with Crippen LogP contribution in [0.5, 0.6) is 0 Å². The topological polar surface area (TPSA) is 49.9 Å². The first-order valence-electron chi connectivity index (χ1n) is 10.3. The summed E-state index contributed by atoms with van der Waals surface area (Å²) in [6.45, 7) is 8.84. The highest BCUT2D eigenvalue weighted by Gasteiger charge is 2.16. The predicted octanol–water partition coefficient (Wildman–Crippen LogP) is 7.07. The van der Waals surface area contributed by atoms with Gasteiger partial charge in [-0.05, 0) is 70.4 Å². The number of benzene rings is 3. The second-order valence-corrected chi connectivity index (χ2v) is 7.79. The van der Waals surface area contributed by atoms with E-state index in [1.807, 2.05) is 12.1 Å². The number of nitrogen functional groups attached to an aromatic ring is 1. The molecule has 0 radical (unpaired) electrons. The van der Waals surface area contributed by atoms with Gasteiger partial charge < -0.3 is 11.1 Å². The Bertz CT molecular complexity index is 1040. The molecule has 0 atom stereocenters. The first-order valence-corrected chi connectivity index (χ1v) is 10.3. The minimum atomic E-state index is 0.496. The summed E-state index contributed by atoms with van der Waals surface area (Å²) in [5, 5.41) is 7.74. The van der Waals surface area contributed by atoms with Crippen LogP contribution in [0.15, 0.2) is 66.7 Å². The van der Waals surface area contributed by atoms with Crippen molar-refractivity contribution < 1.29 is 0 Å². The Kier molecular flexibility index (Phi) is 6.33. The van der Waals surface area contributed by atoms with Crippen LogP contribution in [0.25, 0.3) is 11.1 Å². The molecule has 0 aromatic heterocycles. The van der Waals surface area contributed by atoms with Gasteiger partial charge in [0.1, 0.15) is 0 Å². The van der Waals surface area contributed by atoms with Gasteiger partial charge in [-0.2, -0.15) is 0 Å². The van der Waals surface area contributed by atoms with Gasteiger partial charge in [-0.25, -0.2) is 0 Å². The second kappa shape index (κ2) is 8.91. The van der Waals surface area contributed by atoms with E-state index in [1.54, 1.807) is 0 Å². The van der Waals surface area contributed by atoms with Crippen molar-refractivity contribution in [3.05, 3.63) is 100 Å². The number of hydrogen-bond donors (Lipinski definition) is 2. The fourth-order valence-electron chi connectivity index (χ4n) is 3.84. The summed E-state index contributed by atoms with van der Waals surface area (Å²) >= 11 is 0. The van der Waals surface area contributed by atoms with E-state index < -0.39 is 0 Å². The molecule has 3 rings (SSSR count). The number of nitrogens with two attached hydrogens (primary N) is 1. The molecule has 148 valence electrons. The van der Waals surface area contributed by atoms with Crippen LogP contribution in [-0.2, 0) is 0 Å². The summed E-state index contributed by atoms with van der Waals surface area (Å²) in [7, 11) is 0. The van der Waals surface area contributed by atoms with Crippen molar-refractivity contribution in [3.8, 4) is 0 Å². The molecular formula is C27H30N2. The molecule has 3 aromatic rings. The van der Waals surface area contributed by atoms with Gasteiger partial charge in [-0.3, -0.25) is 0 Å². The summed E-state index contributed by atoms with van der Waals surface area (Å²) in [4.78, 5) is 0. The molecule has 3 aromatic carbocycles. The SMILES string of the molecule is CC/C(=C(\c1ccc(N)c(C=N)c1)c1ccc(C(C)C)cc1C)c1ccccc1. The average Bonchev–Trinajstić information content (AvgIpc) is 2.73. The second-order valence-electron chi connectivity index (χ2n) is 7.79. The van der Waals surface area contributed by atoms with E-state index >= 15 is 0 Å². The maximum absolute atomic E-state index is 7.74. The van der Waals surface area contributed by atoms with Crippen LogP contribution in [0.1, 0.15) is 66.5 Å². The van der Waals surface area contributed by atoms with Gasteiger partial charge in [-0.15, -0.1) is 0 Å². The molecule has 0 bridgehead atoms. The van der Waals surface area contributed by atoms with E-state index in [1.165, 1.54) is 39.6 Å². The van der Waals surface area contributed by atoms with Gasteiger partial charge in [0, 0.05) is 17.5 Å². The maximum Gasteiger partial charge on any atom is 0.0403 e. The minimum Gasteiger partial charge on any atom is -0.398 e. The van der Waals surface area contributed by atoms with Gasteiger partial charge in [0.15, 0.2) is 0 Å². The zero-order valence-electron chi connectivity index (χ0n) is 17.8. The third-order valence-corrected chi connectivity index (χ3v) is 5.50. The first-order chi connectivity index (χ1) is 14.0. The largest absolute Gasteiger partial charge is 0.398 e. The van der Waals surface area contributed by atoms with E-state index in [4.69, 9.17) is 11.1 Å². The average molecular weight is 383 g/mol. The van der Waals surface area contributed by atoms with Gasteiger partial charge in [-0.1, -0.05) is 75.4 Å². The van der Waals surface area contributed by atoms with E-state index in [-0.39, 0.29) is 0 Å². The normalized spacial score (nSPS) is 12.0. The minimum absolute atomic E-state index is 0.496. The van der Waals surface area contributed by atoms with E-state index in [9.17, 15) is 0 Å². The Hall–Kier alpha value is -3.13. The lowest BCUT2D eigenvalue weighted by Crippen LogP contribution is -2.01. The molecule has 0 saturated heterocycles. The zero-order valence-corrected chi connectivity index (χ0v) is 17.8. The smallest absolute Gasteiger partial charge is 0.0403 e. The van der Waals surface area contributed by atoms with Crippen molar-refractivity contribution in [1.29, 1.82) is 5.41 Å². The van der Waals surface area contributed by atoms with Gasteiger partial charge in [0.2, 0.25) is 0 Å². The molecule has 2 nitrogen and oxygen atoms in total. The molecule has 3 N–H and O–H groups in total. The lowest BCUT2D eigenvalue weighted by atomic mass is 9.84. The third-order valence-electron chi connectivity index (χ3n) is 5.50. The number of anilines is 1. The van der Waals surface area contributed by atoms with Gasteiger partial charge >= 0.3 is 0 Å². The molecule has 0 amide bonds. The Morgan fingerprint density at radius 2 is 1.69 bits per heavy atom. The summed E-state index contributed by atoms with van der Waals surface area (Å²) in [5.41, 5.74) is 16.1. The van der Waals surface area contributed by atoms with Crippen LogP contribution in [0.3, 0.4) is 0 Å². The Morgan fingerprint density at radius 3 is 2.28 bits per heavy atom. The molecule has 2 heteroatoms. The molecule has 0 heterocycles. The highest BCUT2D eigenvalue weighted by atomic mass is 14.6. The van der Waals surface area contributed by atoms with Crippen LogP contribution in [0.2, 0.25) is 0 Å². The summed E-state index contributed by atoms with van der Waals surface area (Å²) < 4.78 is 0. The summed E-state index contributed by atoms with van der Waals surface area (Å²) in [6.07, 6.45) is 2.24. The van der Waals surface area contributed by atoms with E-state index in [0.29, 0.717) is 11.6 Å². The standard InChI is InChI=1S/C27H30N2/c1-5-24(20-9-7-6-8-10-20)27(22-12-14-26(29)23(16-22)17-28)25-13-11-21(18(2)3)15-19(25)4/h6-18,28H,5,29H2,1-4H3/b27-24-,28-17?. The van der Waals surface area contributed by atoms with E-state index in [2.05, 4.69) is 82.3 Å². The lowest BCUT2D eigenvalue weighted by Gasteiger charge is -2.20. The van der Waals surface area contributed by atoms with Crippen molar-refractivity contribution in [1.82, 2.24) is 0 Å². The maximum atomic E-state index is 7.74. The Labute approximate surface area is 174 Å². The fraction of sp³-hybridized carbons (Fsp3) is 0.222. The molecule has 0 aliphatic rings. The molecule has 0 aliphatic carbocycles. The molecule has 0 saturated carbocycles. The Morgan fingerprint density at radius 1 is 0.966 bits per heavy atom. The zero-order chi connectivity index (χ0) is 21.0. The van der Waals surface area contributed by atoms with Crippen LogP contribution < -0.4 is 5.73 Å².